The lowest BCUT2D eigenvalue weighted by molar-refractivity contribution is -0.143. The number of nitrogens with one attached hydrogen (secondary N) is 1. The topological polar surface area (TPSA) is 110 Å². The SMILES string of the molecule is NC(=O)c1ccc(C(F)(F)F)cc1N1CCC(CC(=O)NS(=O)(=O)c2cc(C(F)(F)F)cc(C(F)(F)F)c2)CC1. The molecule has 2 aromatic carbocycles. The number of benzene rings is 2. The monoisotopic (exact) mass is 605 g/mol. The maximum absolute atomic E-state index is 13.2. The molecule has 0 atom stereocenters. The molecule has 2 amide bonds. The van der Waals surface area contributed by atoms with Gasteiger partial charge in [-0.05, 0) is 55.2 Å². The van der Waals surface area contributed by atoms with Gasteiger partial charge in [-0.2, -0.15) is 39.5 Å². The van der Waals surface area contributed by atoms with Gasteiger partial charge in [-0.3, -0.25) is 9.59 Å². The van der Waals surface area contributed by atoms with Crippen molar-refractivity contribution >= 4 is 27.5 Å². The second kappa shape index (κ2) is 10.8. The van der Waals surface area contributed by atoms with Gasteiger partial charge in [0.05, 0.1) is 32.8 Å². The van der Waals surface area contributed by atoms with Gasteiger partial charge in [-0.1, -0.05) is 0 Å². The summed E-state index contributed by atoms with van der Waals surface area (Å²) in [5.41, 5.74) is 0.219. The first kappa shape index (κ1) is 31.0. The first-order valence-electron chi connectivity index (χ1n) is 11.3. The van der Waals surface area contributed by atoms with Crippen LogP contribution in [0.5, 0.6) is 0 Å². The number of alkyl halides is 9. The Morgan fingerprint density at radius 3 is 1.77 bits per heavy atom. The lowest BCUT2D eigenvalue weighted by Gasteiger charge is -2.34. The molecule has 40 heavy (non-hydrogen) atoms. The Labute approximate surface area is 221 Å². The summed E-state index contributed by atoms with van der Waals surface area (Å²) in [7, 11) is -5.13. The summed E-state index contributed by atoms with van der Waals surface area (Å²) >= 11 is 0. The van der Waals surface area contributed by atoms with Gasteiger partial charge in [0, 0.05) is 19.5 Å². The van der Waals surface area contributed by atoms with Gasteiger partial charge in [0.15, 0.2) is 0 Å². The molecular formula is C23H20F9N3O4S. The molecule has 0 radical (unpaired) electrons. The third-order valence-corrected chi connectivity index (χ3v) is 7.49. The normalized spacial score (nSPS) is 15.7. The smallest absolute Gasteiger partial charge is 0.371 e. The minimum atomic E-state index is -5.31. The summed E-state index contributed by atoms with van der Waals surface area (Å²) in [5.74, 6) is -2.72. The Bertz CT molecular complexity index is 1360. The van der Waals surface area contributed by atoms with Crippen molar-refractivity contribution in [1.29, 1.82) is 0 Å². The standard InChI is InChI=1S/C23H20F9N3O4S/c24-21(25,26)13-1-2-17(20(33)37)18(11-13)35-5-3-12(4-6-35)7-19(36)34-40(38,39)16-9-14(22(27,28)29)8-15(10-16)23(30,31)32/h1-2,8-12H,3-7H2,(H2,33,37)(H,34,36). The van der Waals surface area contributed by atoms with E-state index in [4.69, 9.17) is 5.73 Å². The fourth-order valence-electron chi connectivity index (χ4n) is 4.15. The van der Waals surface area contributed by atoms with E-state index in [2.05, 4.69) is 0 Å². The van der Waals surface area contributed by atoms with Crippen molar-refractivity contribution in [2.24, 2.45) is 11.7 Å². The van der Waals surface area contributed by atoms with Crippen LogP contribution < -0.4 is 15.4 Å². The molecule has 0 unspecified atom stereocenters. The second-order valence-corrected chi connectivity index (χ2v) is 10.7. The Balaban J connectivity index is 1.72. The van der Waals surface area contributed by atoms with E-state index >= 15 is 0 Å². The minimum absolute atomic E-state index is 0.0330. The lowest BCUT2D eigenvalue weighted by atomic mass is 9.92. The number of halogens is 9. The third kappa shape index (κ3) is 7.37. The molecule has 17 heteroatoms. The zero-order valence-electron chi connectivity index (χ0n) is 20.0. The fraction of sp³-hybridized carbons (Fsp3) is 0.391. The Morgan fingerprint density at radius 2 is 1.32 bits per heavy atom. The van der Waals surface area contributed by atoms with Gasteiger partial charge in [-0.15, -0.1) is 0 Å². The van der Waals surface area contributed by atoms with Crippen molar-refractivity contribution in [2.75, 3.05) is 18.0 Å². The minimum Gasteiger partial charge on any atom is -0.371 e. The molecule has 0 aliphatic carbocycles. The molecule has 0 aromatic heterocycles. The van der Waals surface area contributed by atoms with Crippen LogP contribution in [-0.4, -0.2) is 33.3 Å². The molecule has 1 aliphatic rings. The van der Waals surface area contributed by atoms with Crippen LogP contribution in [0.15, 0.2) is 41.3 Å². The first-order valence-corrected chi connectivity index (χ1v) is 12.8. The number of primary amides is 1. The Hall–Kier alpha value is -3.50. The number of carbonyl (C=O) groups excluding carboxylic acids is 2. The highest BCUT2D eigenvalue weighted by molar-refractivity contribution is 7.90. The van der Waals surface area contributed by atoms with Gasteiger partial charge in [0.25, 0.3) is 15.9 Å². The molecule has 220 valence electrons. The van der Waals surface area contributed by atoms with Crippen LogP contribution in [-0.2, 0) is 33.3 Å². The van der Waals surface area contributed by atoms with E-state index in [1.165, 1.54) is 9.62 Å². The Kier molecular flexibility index (Phi) is 8.39. The zero-order chi connectivity index (χ0) is 30.3. The zero-order valence-corrected chi connectivity index (χ0v) is 20.9. The van der Waals surface area contributed by atoms with Crippen molar-refractivity contribution < 1.29 is 57.5 Å². The van der Waals surface area contributed by atoms with Crippen LogP contribution in [0.1, 0.15) is 46.3 Å². The molecule has 1 fully saturated rings. The second-order valence-electron chi connectivity index (χ2n) is 9.00. The molecule has 3 rings (SSSR count). The van der Waals surface area contributed by atoms with E-state index < -0.39 is 74.3 Å². The van der Waals surface area contributed by atoms with Gasteiger partial charge >= 0.3 is 18.5 Å². The van der Waals surface area contributed by atoms with E-state index in [1.807, 2.05) is 0 Å². The first-order chi connectivity index (χ1) is 18.2. The number of hydrogen-bond donors (Lipinski definition) is 2. The largest absolute Gasteiger partial charge is 0.416 e. The highest BCUT2D eigenvalue weighted by Gasteiger charge is 2.39. The van der Waals surface area contributed by atoms with E-state index in [9.17, 15) is 57.5 Å². The van der Waals surface area contributed by atoms with E-state index in [-0.39, 0.29) is 55.4 Å². The predicted octanol–water partition coefficient (Wildman–Crippen LogP) is 4.95. The molecule has 0 spiro atoms. The van der Waals surface area contributed by atoms with Gasteiger partial charge < -0.3 is 10.6 Å². The number of rotatable bonds is 6. The van der Waals surface area contributed by atoms with Crippen molar-refractivity contribution in [3.8, 4) is 0 Å². The van der Waals surface area contributed by atoms with Gasteiger partial charge in [-0.25, -0.2) is 13.1 Å². The highest BCUT2D eigenvalue weighted by Crippen LogP contribution is 2.38. The molecular weight excluding hydrogens is 585 g/mol. The Morgan fingerprint density at radius 1 is 0.825 bits per heavy atom. The van der Waals surface area contributed by atoms with Crippen LogP contribution in [0, 0.1) is 5.92 Å². The summed E-state index contributed by atoms with van der Waals surface area (Å²) < 4.78 is 144. The molecule has 2 aromatic rings. The predicted molar refractivity (Wildman–Crippen MR) is 121 cm³/mol. The molecule has 3 N–H and O–H groups in total. The summed E-state index contributed by atoms with van der Waals surface area (Å²) in [4.78, 5) is 24.1. The van der Waals surface area contributed by atoms with Crippen molar-refractivity contribution in [2.45, 2.75) is 42.7 Å². The highest BCUT2D eigenvalue weighted by atomic mass is 32.2. The molecule has 0 bridgehead atoms. The van der Waals surface area contributed by atoms with Crippen molar-refractivity contribution in [3.63, 3.8) is 0 Å². The van der Waals surface area contributed by atoms with Crippen LogP contribution >= 0.6 is 0 Å². The van der Waals surface area contributed by atoms with Crippen LogP contribution in [0.2, 0.25) is 0 Å². The molecule has 1 heterocycles. The maximum Gasteiger partial charge on any atom is 0.416 e. The van der Waals surface area contributed by atoms with Crippen molar-refractivity contribution in [1.82, 2.24) is 4.72 Å². The number of carbonyl (C=O) groups is 2. The quantitative estimate of drug-likeness (QED) is 0.453. The third-order valence-electron chi connectivity index (χ3n) is 6.14. The number of nitrogens with two attached hydrogens (primary N) is 1. The summed E-state index contributed by atoms with van der Waals surface area (Å²) in [6.45, 7) is 0.0731. The fourth-order valence-corrected chi connectivity index (χ4v) is 5.22. The number of hydrogen-bond acceptors (Lipinski definition) is 5. The van der Waals surface area contributed by atoms with E-state index in [0.29, 0.717) is 6.07 Å². The van der Waals surface area contributed by atoms with Crippen molar-refractivity contribution in [3.05, 3.63) is 58.7 Å². The number of amides is 2. The summed E-state index contributed by atoms with van der Waals surface area (Å²) in [5, 5.41) is 0. The average molecular weight is 605 g/mol. The number of sulfonamides is 1. The van der Waals surface area contributed by atoms with Crippen LogP contribution in [0.3, 0.4) is 0 Å². The number of anilines is 1. The molecule has 0 saturated carbocycles. The molecule has 7 nitrogen and oxygen atoms in total. The average Bonchev–Trinajstić information content (AvgIpc) is 2.81. The molecule has 1 saturated heterocycles. The maximum atomic E-state index is 13.2. The summed E-state index contributed by atoms with van der Waals surface area (Å²) in [6.07, 6.45) is -15.6. The van der Waals surface area contributed by atoms with Gasteiger partial charge in [0.1, 0.15) is 0 Å². The van der Waals surface area contributed by atoms with Crippen LogP contribution in [0.4, 0.5) is 45.2 Å². The number of nitrogens with zero attached hydrogens (tertiary/aromatic N) is 1. The summed E-state index contributed by atoms with van der Waals surface area (Å²) in [6, 6.07) is 2.06. The van der Waals surface area contributed by atoms with E-state index in [1.54, 1.807) is 0 Å². The van der Waals surface area contributed by atoms with E-state index in [0.717, 1.165) is 12.1 Å². The number of piperidine rings is 1. The molecule has 1 aliphatic heterocycles. The van der Waals surface area contributed by atoms with Gasteiger partial charge in [0.2, 0.25) is 5.91 Å². The lowest BCUT2D eigenvalue weighted by Crippen LogP contribution is -2.38. The van der Waals surface area contributed by atoms with Crippen LogP contribution in [0.25, 0.3) is 0 Å².